The van der Waals surface area contributed by atoms with Crippen molar-refractivity contribution in [3.05, 3.63) is 42.7 Å². The van der Waals surface area contributed by atoms with Crippen molar-refractivity contribution in [3.8, 4) is 17.3 Å². The summed E-state index contributed by atoms with van der Waals surface area (Å²) in [4.78, 5) is 12.9. The fourth-order valence-electron chi connectivity index (χ4n) is 1.73. The maximum atomic E-state index is 5.56. The molecular weight excluding hydrogens is 298 g/mol. The molecular formula is C15H14N5OS. The second-order valence-corrected chi connectivity index (χ2v) is 5.48. The Balaban J connectivity index is 1.73. The van der Waals surface area contributed by atoms with Crippen molar-refractivity contribution in [1.29, 1.82) is 0 Å². The van der Waals surface area contributed by atoms with Crippen LogP contribution in [0.4, 0.5) is 10.9 Å². The Morgan fingerprint density at radius 3 is 2.86 bits per heavy atom. The molecule has 0 amide bonds. The Morgan fingerprint density at radius 2 is 2.18 bits per heavy atom. The van der Waals surface area contributed by atoms with Crippen LogP contribution in [0.1, 0.15) is 13.8 Å². The number of hydrogen-bond acceptors (Lipinski definition) is 7. The molecule has 7 heteroatoms. The van der Waals surface area contributed by atoms with Crippen molar-refractivity contribution in [3.63, 3.8) is 0 Å². The number of rotatable bonds is 5. The summed E-state index contributed by atoms with van der Waals surface area (Å²) in [6.07, 6.45) is 3.49. The molecule has 0 bridgehead atoms. The smallest absolute Gasteiger partial charge is 0.208 e. The number of pyridine rings is 2. The van der Waals surface area contributed by atoms with E-state index in [0.717, 1.165) is 5.75 Å². The third-order valence-electron chi connectivity index (χ3n) is 2.59. The highest BCUT2D eigenvalue weighted by molar-refractivity contribution is 7.09. The average molecular weight is 312 g/mol. The van der Waals surface area contributed by atoms with Gasteiger partial charge in [-0.05, 0) is 38.1 Å². The van der Waals surface area contributed by atoms with Gasteiger partial charge in [-0.25, -0.2) is 9.97 Å². The van der Waals surface area contributed by atoms with Gasteiger partial charge in [0.05, 0.1) is 12.3 Å². The molecule has 0 spiro atoms. The molecule has 111 valence electrons. The van der Waals surface area contributed by atoms with E-state index in [1.807, 2.05) is 26.0 Å². The molecule has 0 aromatic carbocycles. The van der Waals surface area contributed by atoms with Gasteiger partial charge >= 0.3 is 0 Å². The number of anilines is 2. The standard InChI is InChI=1S/C15H14N5OS/c1-10(2)21-11-6-7-12(17-9-11)14-19-15(22-20-14)18-13-5-3-4-8-16-13/h3-4,6-10H,1-2H3,(H,16,18,19,20). The van der Waals surface area contributed by atoms with E-state index in [9.17, 15) is 0 Å². The van der Waals surface area contributed by atoms with E-state index in [1.165, 1.54) is 11.5 Å². The predicted molar refractivity (Wildman–Crippen MR) is 85.3 cm³/mol. The van der Waals surface area contributed by atoms with Crippen LogP contribution in [0.15, 0.2) is 36.7 Å². The highest BCUT2D eigenvalue weighted by Gasteiger charge is 2.09. The molecule has 0 aliphatic heterocycles. The monoisotopic (exact) mass is 312 g/mol. The van der Waals surface area contributed by atoms with E-state index in [0.29, 0.717) is 22.5 Å². The topological polar surface area (TPSA) is 72.8 Å². The van der Waals surface area contributed by atoms with Gasteiger partial charge in [0, 0.05) is 23.8 Å². The van der Waals surface area contributed by atoms with Crippen LogP contribution in [0.25, 0.3) is 11.5 Å². The van der Waals surface area contributed by atoms with Crippen LogP contribution in [0.2, 0.25) is 0 Å². The molecule has 1 N–H and O–H groups in total. The van der Waals surface area contributed by atoms with Gasteiger partial charge in [0.15, 0.2) is 5.82 Å². The molecule has 0 saturated heterocycles. The lowest BCUT2D eigenvalue weighted by Crippen LogP contribution is -2.05. The van der Waals surface area contributed by atoms with Gasteiger partial charge < -0.3 is 10.1 Å². The summed E-state index contributed by atoms with van der Waals surface area (Å²) in [7, 11) is 0. The Hall–Kier alpha value is -2.54. The van der Waals surface area contributed by atoms with Crippen LogP contribution in [0, 0.1) is 6.07 Å². The first kappa shape index (κ1) is 14.4. The van der Waals surface area contributed by atoms with Crippen LogP contribution in [0.5, 0.6) is 5.75 Å². The van der Waals surface area contributed by atoms with E-state index in [2.05, 4.69) is 30.7 Å². The highest BCUT2D eigenvalue weighted by atomic mass is 32.1. The van der Waals surface area contributed by atoms with Crippen LogP contribution in [0.3, 0.4) is 0 Å². The molecule has 0 fully saturated rings. The van der Waals surface area contributed by atoms with Gasteiger partial charge in [0.25, 0.3) is 0 Å². The minimum Gasteiger partial charge on any atom is -0.489 e. The Kier molecular flexibility index (Phi) is 4.24. The quantitative estimate of drug-likeness (QED) is 0.779. The van der Waals surface area contributed by atoms with Gasteiger partial charge in [-0.3, -0.25) is 0 Å². The lowest BCUT2D eigenvalue weighted by molar-refractivity contribution is 0.241. The van der Waals surface area contributed by atoms with Gasteiger partial charge in [-0.2, -0.15) is 9.36 Å². The first-order valence-corrected chi connectivity index (χ1v) is 7.54. The van der Waals surface area contributed by atoms with Crippen LogP contribution in [-0.4, -0.2) is 25.4 Å². The number of hydrogen-bond donors (Lipinski definition) is 1. The first-order chi connectivity index (χ1) is 10.7. The zero-order valence-electron chi connectivity index (χ0n) is 12.1. The molecule has 6 nitrogen and oxygen atoms in total. The van der Waals surface area contributed by atoms with E-state index in [-0.39, 0.29) is 6.10 Å². The summed E-state index contributed by atoms with van der Waals surface area (Å²) in [5.41, 5.74) is 0.699. The molecule has 3 aromatic heterocycles. The van der Waals surface area contributed by atoms with Gasteiger partial charge in [0.2, 0.25) is 5.13 Å². The van der Waals surface area contributed by atoms with Gasteiger partial charge in [-0.15, -0.1) is 0 Å². The summed E-state index contributed by atoms with van der Waals surface area (Å²) >= 11 is 1.25. The van der Waals surface area contributed by atoms with Gasteiger partial charge in [-0.1, -0.05) is 0 Å². The molecule has 3 heterocycles. The maximum Gasteiger partial charge on any atom is 0.208 e. The highest BCUT2D eigenvalue weighted by Crippen LogP contribution is 2.23. The molecule has 3 aromatic rings. The van der Waals surface area contributed by atoms with Crippen LogP contribution < -0.4 is 10.1 Å². The second kappa shape index (κ2) is 6.48. The Morgan fingerprint density at radius 1 is 1.27 bits per heavy atom. The number of aromatic nitrogens is 4. The third-order valence-corrected chi connectivity index (χ3v) is 3.23. The van der Waals surface area contributed by atoms with Crippen molar-refractivity contribution in [1.82, 2.24) is 19.3 Å². The van der Waals surface area contributed by atoms with E-state index >= 15 is 0 Å². The van der Waals surface area contributed by atoms with Crippen LogP contribution in [-0.2, 0) is 0 Å². The van der Waals surface area contributed by atoms with Crippen LogP contribution >= 0.6 is 11.5 Å². The molecule has 3 rings (SSSR count). The van der Waals surface area contributed by atoms with Gasteiger partial charge in [0.1, 0.15) is 17.3 Å². The summed E-state index contributed by atoms with van der Waals surface area (Å²) in [5.74, 6) is 1.91. The normalized spacial score (nSPS) is 10.7. The summed E-state index contributed by atoms with van der Waals surface area (Å²) < 4.78 is 9.86. The summed E-state index contributed by atoms with van der Waals surface area (Å²) in [6.45, 7) is 3.95. The van der Waals surface area contributed by atoms with E-state index < -0.39 is 0 Å². The molecule has 0 saturated carbocycles. The lowest BCUT2D eigenvalue weighted by Gasteiger charge is -2.08. The maximum absolute atomic E-state index is 5.56. The van der Waals surface area contributed by atoms with Crippen molar-refractivity contribution in [2.45, 2.75) is 20.0 Å². The molecule has 0 unspecified atom stereocenters. The second-order valence-electron chi connectivity index (χ2n) is 4.72. The minimum atomic E-state index is 0.121. The van der Waals surface area contributed by atoms with E-state index in [1.54, 1.807) is 24.5 Å². The Labute approximate surface area is 132 Å². The third kappa shape index (κ3) is 3.56. The zero-order valence-corrected chi connectivity index (χ0v) is 13.0. The fourth-order valence-corrected chi connectivity index (χ4v) is 2.30. The first-order valence-electron chi connectivity index (χ1n) is 6.77. The lowest BCUT2D eigenvalue weighted by atomic mass is 10.3. The van der Waals surface area contributed by atoms with Crippen molar-refractivity contribution in [2.24, 2.45) is 0 Å². The molecule has 1 radical (unpaired) electrons. The largest absolute Gasteiger partial charge is 0.489 e. The fraction of sp³-hybridized carbons (Fsp3) is 0.200. The number of ether oxygens (including phenoxy) is 1. The molecule has 0 atom stereocenters. The molecule has 22 heavy (non-hydrogen) atoms. The van der Waals surface area contributed by atoms with E-state index in [4.69, 9.17) is 4.74 Å². The van der Waals surface area contributed by atoms with Crippen molar-refractivity contribution >= 4 is 22.5 Å². The van der Waals surface area contributed by atoms with Crippen molar-refractivity contribution < 1.29 is 4.74 Å². The Bertz CT molecular complexity index is 727. The summed E-state index contributed by atoms with van der Waals surface area (Å²) in [5, 5.41) is 3.70. The molecule has 0 aliphatic carbocycles. The average Bonchev–Trinajstić information content (AvgIpc) is 2.97. The SMILES string of the molecule is CC(C)Oc1ccc(-c2nsc(Nc3[c]cccn3)n2)nc1. The minimum absolute atomic E-state index is 0.121. The zero-order chi connectivity index (χ0) is 15.4. The summed E-state index contributed by atoms with van der Waals surface area (Å²) in [6, 6.07) is 10.3. The predicted octanol–water partition coefficient (Wildman–Crippen LogP) is 3.33. The number of nitrogens with one attached hydrogen (secondary N) is 1. The van der Waals surface area contributed by atoms with Crippen molar-refractivity contribution in [2.75, 3.05) is 5.32 Å². The molecule has 0 aliphatic rings. The number of nitrogens with zero attached hydrogens (tertiary/aromatic N) is 4.